The van der Waals surface area contributed by atoms with Gasteiger partial charge in [-0.05, 0) is 32.6 Å². The summed E-state index contributed by atoms with van der Waals surface area (Å²) >= 11 is 0. The van der Waals surface area contributed by atoms with E-state index in [2.05, 4.69) is 23.8 Å². The van der Waals surface area contributed by atoms with E-state index in [9.17, 15) is 0 Å². The summed E-state index contributed by atoms with van der Waals surface area (Å²) in [6, 6.07) is 0. The Balaban J connectivity index is 2.63. The molecule has 0 saturated carbocycles. The number of nitrogens with zero attached hydrogens (tertiary/aromatic N) is 1. The fourth-order valence-corrected chi connectivity index (χ4v) is 1.46. The Hall–Kier alpha value is -1.03. The fraction of sp³-hybridized carbons (Fsp3) is 0.583. The van der Waals surface area contributed by atoms with Crippen molar-refractivity contribution in [3.05, 3.63) is 11.3 Å². The first-order valence-electron chi connectivity index (χ1n) is 5.05. The van der Waals surface area contributed by atoms with Gasteiger partial charge in [0, 0.05) is 11.8 Å². The van der Waals surface area contributed by atoms with Crippen LogP contribution in [-0.2, 0) is 0 Å². The van der Waals surface area contributed by atoms with E-state index >= 15 is 0 Å². The Morgan fingerprint density at radius 1 is 1.46 bits per heavy atom. The molecule has 1 aliphatic carbocycles. The van der Waals surface area contributed by atoms with Crippen LogP contribution in [0.1, 0.15) is 46.0 Å². The molecule has 0 unspecified atom stereocenters. The molecule has 0 aliphatic heterocycles. The lowest BCUT2D eigenvalue weighted by atomic mass is 10.2. The average Bonchev–Trinajstić information content (AvgIpc) is 2.54. The third-order valence-corrected chi connectivity index (χ3v) is 2.13. The van der Waals surface area contributed by atoms with Crippen LogP contribution in [0.4, 0.5) is 0 Å². The molecule has 0 spiro atoms. The molecule has 0 amide bonds. The molecule has 1 aliphatic rings. The first-order valence-corrected chi connectivity index (χ1v) is 5.05. The minimum Gasteiger partial charge on any atom is -0.265 e. The van der Waals surface area contributed by atoms with Gasteiger partial charge in [0.05, 0.1) is 5.70 Å². The van der Waals surface area contributed by atoms with Gasteiger partial charge >= 0.3 is 0 Å². The molecule has 0 aromatic carbocycles. The van der Waals surface area contributed by atoms with Gasteiger partial charge < -0.3 is 0 Å². The Bertz CT molecular complexity index is 273. The molecular formula is C12H17N. The van der Waals surface area contributed by atoms with Gasteiger partial charge in [0.15, 0.2) is 0 Å². The van der Waals surface area contributed by atoms with E-state index < -0.39 is 0 Å². The van der Waals surface area contributed by atoms with E-state index in [0.29, 0.717) is 0 Å². The molecule has 0 saturated heterocycles. The van der Waals surface area contributed by atoms with Crippen LogP contribution in [0.25, 0.3) is 0 Å². The zero-order valence-corrected chi connectivity index (χ0v) is 8.56. The van der Waals surface area contributed by atoms with Crippen LogP contribution >= 0.6 is 0 Å². The minimum atomic E-state index is 1.08. The average molecular weight is 175 g/mol. The summed E-state index contributed by atoms with van der Waals surface area (Å²) in [5.41, 5.74) is 2.48. The highest BCUT2D eigenvalue weighted by molar-refractivity contribution is 5.59. The molecule has 0 fully saturated rings. The molecule has 0 aromatic rings. The molecule has 1 rings (SSSR count). The molecule has 0 atom stereocenters. The Morgan fingerprint density at radius 3 is 3.00 bits per heavy atom. The highest BCUT2D eigenvalue weighted by Gasteiger charge is 2.10. The van der Waals surface area contributed by atoms with Gasteiger partial charge in [-0.25, -0.2) is 0 Å². The van der Waals surface area contributed by atoms with Gasteiger partial charge in [-0.1, -0.05) is 19.3 Å². The number of unbranched alkanes of at least 4 members (excludes halogenated alkanes) is 1. The molecule has 1 heteroatoms. The summed E-state index contributed by atoms with van der Waals surface area (Å²) in [6.07, 6.45) is 7.74. The van der Waals surface area contributed by atoms with E-state index in [1.807, 2.05) is 13.1 Å². The monoisotopic (exact) mass is 175 g/mol. The van der Waals surface area contributed by atoms with Gasteiger partial charge in [-0.3, -0.25) is 4.99 Å². The molecule has 0 heterocycles. The first kappa shape index (κ1) is 10.1. The molecular weight excluding hydrogens is 158 g/mol. The number of rotatable bonds is 3. The quantitative estimate of drug-likeness (QED) is 0.461. The maximum atomic E-state index is 4.47. The summed E-state index contributed by atoms with van der Waals surface area (Å²) in [5.74, 6) is 6.09. The number of hydrogen-bond donors (Lipinski definition) is 0. The fourth-order valence-electron chi connectivity index (χ4n) is 1.46. The zero-order chi connectivity index (χ0) is 9.52. The van der Waals surface area contributed by atoms with Crippen LogP contribution in [0, 0.1) is 11.8 Å². The topological polar surface area (TPSA) is 12.4 Å². The van der Waals surface area contributed by atoms with Crippen LogP contribution in [0.3, 0.4) is 0 Å². The molecule has 0 radical (unpaired) electrons. The number of aliphatic imine (C=N–C) groups is 1. The zero-order valence-electron chi connectivity index (χ0n) is 8.56. The van der Waals surface area contributed by atoms with Crippen LogP contribution in [0.5, 0.6) is 0 Å². The van der Waals surface area contributed by atoms with Crippen molar-refractivity contribution in [1.29, 1.82) is 0 Å². The van der Waals surface area contributed by atoms with E-state index in [1.165, 1.54) is 24.1 Å². The SMILES string of the molecule is CC#CC1=C(/N=C\CCC)CCC1. The summed E-state index contributed by atoms with van der Waals surface area (Å²) in [4.78, 5) is 4.47. The highest BCUT2D eigenvalue weighted by atomic mass is 14.7. The molecule has 0 bridgehead atoms. The molecule has 0 aromatic heterocycles. The third-order valence-electron chi connectivity index (χ3n) is 2.13. The van der Waals surface area contributed by atoms with Crippen LogP contribution in [-0.4, -0.2) is 6.21 Å². The van der Waals surface area contributed by atoms with E-state index in [0.717, 1.165) is 19.3 Å². The lowest BCUT2D eigenvalue weighted by molar-refractivity contribution is 0.894. The minimum absolute atomic E-state index is 1.08. The largest absolute Gasteiger partial charge is 0.265 e. The molecule has 70 valence electrons. The molecule has 0 N–H and O–H groups in total. The maximum absolute atomic E-state index is 4.47. The number of hydrogen-bond acceptors (Lipinski definition) is 1. The normalized spacial score (nSPS) is 16.5. The van der Waals surface area contributed by atoms with Crippen molar-refractivity contribution in [2.24, 2.45) is 4.99 Å². The van der Waals surface area contributed by atoms with Crippen LogP contribution < -0.4 is 0 Å². The summed E-state index contributed by atoms with van der Waals surface area (Å²) in [5, 5.41) is 0. The van der Waals surface area contributed by atoms with Crippen LogP contribution in [0.15, 0.2) is 16.3 Å². The van der Waals surface area contributed by atoms with Crippen molar-refractivity contribution in [3.63, 3.8) is 0 Å². The smallest absolute Gasteiger partial charge is 0.0515 e. The maximum Gasteiger partial charge on any atom is 0.0515 e. The van der Waals surface area contributed by atoms with Gasteiger partial charge in [-0.2, -0.15) is 0 Å². The van der Waals surface area contributed by atoms with Crippen molar-refractivity contribution < 1.29 is 0 Å². The second-order valence-electron chi connectivity index (χ2n) is 3.25. The van der Waals surface area contributed by atoms with E-state index in [1.54, 1.807) is 0 Å². The van der Waals surface area contributed by atoms with Gasteiger partial charge in [-0.15, -0.1) is 5.92 Å². The molecule has 13 heavy (non-hydrogen) atoms. The van der Waals surface area contributed by atoms with Crippen LogP contribution in [0.2, 0.25) is 0 Å². The van der Waals surface area contributed by atoms with Crippen molar-refractivity contribution >= 4 is 6.21 Å². The van der Waals surface area contributed by atoms with Gasteiger partial charge in [0.1, 0.15) is 0 Å². The summed E-state index contributed by atoms with van der Waals surface area (Å²) in [7, 11) is 0. The Kier molecular flexibility index (Phi) is 4.32. The number of allylic oxidation sites excluding steroid dienone is 2. The van der Waals surface area contributed by atoms with Crippen molar-refractivity contribution in [2.75, 3.05) is 0 Å². The lowest BCUT2D eigenvalue weighted by Crippen LogP contribution is -1.79. The van der Waals surface area contributed by atoms with Crippen molar-refractivity contribution in [2.45, 2.75) is 46.0 Å². The second kappa shape index (κ2) is 5.59. The van der Waals surface area contributed by atoms with E-state index in [-0.39, 0.29) is 0 Å². The third kappa shape index (κ3) is 3.06. The van der Waals surface area contributed by atoms with Gasteiger partial charge in [0.25, 0.3) is 0 Å². The second-order valence-corrected chi connectivity index (χ2v) is 3.25. The first-order chi connectivity index (χ1) is 6.38. The summed E-state index contributed by atoms with van der Waals surface area (Å²) in [6.45, 7) is 4.06. The van der Waals surface area contributed by atoms with E-state index in [4.69, 9.17) is 0 Å². The van der Waals surface area contributed by atoms with Crippen molar-refractivity contribution in [1.82, 2.24) is 0 Å². The standard InChI is InChI=1S/C12H17N/c1-3-5-10-13-12-9-6-8-11(12)7-4-2/h10H,3,5-6,8-9H2,1-2H3/b13-10-. The lowest BCUT2D eigenvalue weighted by Gasteiger charge is -1.93. The Morgan fingerprint density at radius 2 is 2.31 bits per heavy atom. The Labute approximate surface area is 81.0 Å². The highest BCUT2D eigenvalue weighted by Crippen LogP contribution is 2.25. The summed E-state index contributed by atoms with van der Waals surface area (Å²) < 4.78 is 0. The predicted molar refractivity (Wildman–Crippen MR) is 57.7 cm³/mol. The predicted octanol–water partition coefficient (Wildman–Crippen LogP) is 3.32. The molecule has 1 nitrogen and oxygen atoms in total. The van der Waals surface area contributed by atoms with Gasteiger partial charge in [0.2, 0.25) is 0 Å². The van der Waals surface area contributed by atoms with Crippen molar-refractivity contribution in [3.8, 4) is 11.8 Å².